The van der Waals surface area contributed by atoms with E-state index in [-0.39, 0.29) is 75.1 Å². The summed E-state index contributed by atoms with van der Waals surface area (Å²) in [6.07, 6.45) is 10.5. The van der Waals surface area contributed by atoms with E-state index >= 15 is 0 Å². The molecule has 3 aromatic rings. The fourth-order valence-electron chi connectivity index (χ4n) is 5.20. The number of benzene rings is 3. The molecule has 0 aromatic heterocycles. The van der Waals surface area contributed by atoms with Crippen LogP contribution in [-0.4, -0.2) is 107 Å². The molecule has 0 saturated heterocycles. The number of hydrogen-bond donors (Lipinski definition) is 2. The SMILES string of the molecule is CC(=O)OC/C=C\COC(C)=O.COC(=O)C(CC=CCC(NC(=O)c1ccccc1)C(=O)OC)CC(=O)c1ccccc1.COC(=O)C(CC=CCOC(C)=O)NC(=O)c1ccccc1. The van der Waals surface area contributed by atoms with Crippen molar-refractivity contribution in [2.24, 2.45) is 5.92 Å². The number of carbonyl (C=O) groups is 9. The van der Waals surface area contributed by atoms with Gasteiger partial charge in [0, 0.05) is 43.9 Å². The van der Waals surface area contributed by atoms with E-state index in [1.807, 2.05) is 6.07 Å². The summed E-state index contributed by atoms with van der Waals surface area (Å²) in [5.74, 6) is -4.20. The minimum absolute atomic E-state index is 0.00615. The van der Waals surface area contributed by atoms with Crippen molar-refractivity contribution in [2.45, 2.75) is 58.5 Å². The highest BCUT2D eigenvalue weighted by atomic mass is 16.5. The molecule has 2 N–H and O–H groups in total. The van der Waals surface area contributed by atoms with E-state index in [1.165, 1.54) is 42.1 Å². The van der Waals surface area contributed by atoms with E-state index in [1.54, 1.807) is 121 Å². The van der Waals surface area contributed by atoms with Crippen LogP contribution < -0.4 is 10.6 Å². The van der Waals surface area contributed by atoms with E-state index in [9.17, 15) is 43.2 Å². The molecule has 2 amide bonds. The summed E-state index contributed by atoms with van der Waals surface area (Å²) in [4.78, 5) is 104. The molecule has 0 aliphatic rings. The predicted molar refractivity (Wildman–Crippen MR) is 241 cm³/mol. The van der Waals surface area contributed by atoms with Gasteiger partial charge in [-0.05, 0) is 55.7 Å². The summed E-state index contributed by atoms with van der Waals surface area (Å²) in [5, 5.41) is 5.26. The molecule has 0 aliphatic carbocycles. The van der Waals surface area contributed by atoms with Crippen molar-refractivity contribution >= 4 is 53.4 Å². The summed E-state index contributed by atoms with van der Waals surface area (Å²) >= 11 is 0. The maximum atomic E-state index is 12.5. The van der Waals surface area contributed by atoms with Crippen molar-refractivity contribution < 1.29 is 71.6 Å². The molecule has 0 heterocycles. The highest BCUT2D eigenvalue weighted by molar-refractivity contribution is 5.98. The van der Waals surface area contributed by atoms with Gasteiger partial charge in [0.15, 0.2) is 5.78 Å². The molecule has 3 aromatic carbocycles. The van der Waals surface area contributed by atoms with E-state index in [0.29, 0.717) is 16.7 Å². The first kappa shape index (κ1) is 56.3. The van der Waals surface area contributed by atoms with Gasteiger partial charge in [-0.25, -0.2) is 9.59 Å². The van der Waals surface area contributed by atoms with Crippen molar-refractivity contribution in [1.82, 2.24) is 10.6 Å². The van der Waals surface area contributed by atoms with Crippen LogP contribution in [0.15, 0.2) is 127 Å². The monoisotopic (exact) mass is 914 g/mol. The molecule has 0 saturated carbocycles. The summed E-state index contributed by atoms with van der Waals surface area (Å²) in [6, 6.07) is 24.2. The van der Waals surface area contributed by atoms with Crippen molar-refractivity contribution in [1.29, 1.82) is 0 Å². The maximum Gasteiger partial charge on any atom is 0.328 e. The summed E-state index contributed by atoms with van der Waals surface area (Å²) in [5.41, 5.74) is 1.41. The third-order valence-corrected chi connectivity index (χ3v) is 8.53. The van der Waals surface area contributed by atoms with Gasteiger partial charge in [0.2, 0.25) is 0 Å². The molecule has 0 spiro atoms. The second-order valence-corrected chi connectivity index (χ2v) is 13.6. The van der Waals surface area contributed by atoms with Crippen LogP contribution in [-0.2, 0) is 57.2 Å². The van der Waals surface area contributed by atoms with E-state index in [0.717, 1.165) is 0 Å². The van der Waals surface area contributed by atoms with Crippen LogP contribution in [0.3, 0.4) is 0 Å². The number of esters is 6. The number of allylic oxidation sites excluding steroid dienone is 1. The Bertz CT molecular complexity index is 1990. The molecule has 66 heavy (non-hydrogen) atoms. The van der Waals surface area contributed by atoms with Gasteiger partial charge in [-0.2, -0.15) is 0 Å². The summed E-state index contributed by atoms with van der Waals surface area (Å²) in [6.45, 7) is 4.54. The molecule has 3 rings (SSSR count). The van der Waals surface area contributed by atoms with Gasteiger partial charge >= 0.3 is 35.8 Å². The lowest BCUT2D eigenvalue weighted by molar-refractivity contribution is -0.145. The van der Waals surface area contributed by atoms with Gasteiger partial charge in [-0.3, -0.25) is 33.6 Å². The fourth-order valence-corrected chi connectivity index (χ4v) is 5.20. The van der Waals surface area contributed by atoms with Crippen LogP contribution in [0.1, 0.15) is 77.5 Å². The van der Waals surface area contributed by atoms with E-state index in [4.69, 9.17) is 14.2 Å². The smallest absolute Gasteiger partial charge is 0.328 e. The van der Waals surface area contributed by atoms with Gasteiger partial charge in [0.25, 0.3) is 11.8 Å². The molecule has 3 atom stereocenters. The Labute approximate surface area is 384 Å². The number of nitrogens with one attached hydrogen (secondary N) is 2. The Balaban J connectivity index is 0.000000553. The van der Waals surface area contributed by atoms with Crippen LogP contribution in [0, 0.1) is 5.92 Å². The van der Waals surface area contributed by atoms with E-state index in [2.05, 4.69) is 24.8 Å². The molecule has 3 unspecified atom stereocenters. The van der Waals surface area contributed by atoms with Crippen LogP contribution in [0.2, 0.25) is 0 Å². The first-order valence-corrected chi connectivity index (χ1v) is 20.5. The summed E-state index contributed by atoms with van der Waals surface area (Å²) in [7, 11) is 3.78. The Morgan fingerprint density at radius 2 is 0.758 bits per heavy atom. The van der Waals surface area contributed by atoms with Gasteiger partial charge in [0.1, 0.15) is 31.9 Å². The Morgan fingerprint density at radius 3 is 1.11 bits per heavy atom. The highest BCUT2D eigenvalue weighted by Gasteiger charge is 2.24. The minimum atomic E-state index is -0.883. The zero-order chi connectivity index (χ0) is 49.1. The summed E-state index contributed by atoms with van der Waals surface area (Å²) < 4.78 is 28.2. The normalized spacial score (nSPS) is 11.8. The van der Waals surface area contributed by atoms with Gasteiger partial charge < -0.3 is 39.1 Å². The van der Waals surface area contributed by atoms with Gasteiger partial charge in [0.05, 0.1) is 27.2 Å². The highest BCUT2D eigenvalue weighted by Crippen LogP contribution is 2.17. The molecule has 17 nitrogen and oxygen atoms in total. The topological polar surface area (TPSA) is 233 Å². The molecule has 354 valence electrons. The molecule has 0 bridgehead atoms. The van der Waals surface area contributed by atoms with E-state index < -0.39 is 41.8 Å². The molecular formula is C49H58N2O15. The van der Waals surface area contributed by atoms with Crippen molar-refractivity contribution in [3.8, 4) is 0 Å². The second kappa shape index (κ2) is 33.8. The number of methoxy groups -OCH3 is 3. The first-order valence-electron chi connectivity index (χ1n) is 20.5. The van der Waals surface area contributed by atoms with Crippen LogP contribution in [0.25, 0.3) is 0 Å². The fraction of sp³-hybridized carbons (Fsp3) is 0.327. The number of amides is 2. The lowest BCUT2D eigenvalue weighted by Gasteiger charge is -2.15. The lowest BCUT2D eigenvalue weighted by atomic mass is 9.95. The Morgan fingerprint density at radius 1 is 0.439 bits per heavy atom. The standard InChI is InChI=1S/C25H27NO6.C16H19NO5.C8H12O4/c1-31-24(29)20(17-22(27)18-11-5-3-6-12-18)15-9-10-16-21(25(30)32-2)26-23(28)19-13-7-4-8-14-19;1-12(18)22-11-7-6-10-14(16(20)21-2)17-15(19)13-8-4-3-5-9-13;1-7(9)11-5-3-4-6-12-8(2)10/h3-14,20-21H,15-17H2,1-2H3,(H,26,28);3-9,14H,10-11H2,1-2H3,(H,17,19);3-4H,5-6H2,1-2H3/b;;4-3-. The molecular weight excluding hydrogens is 857 g/mol. The average molecular weight is 915 g/mol. The minimum Gasteiger partial charge on any atom is -0.469 e. The number of ether oxygens (including phenoxy) is 6. The van der Waals surface area contributed by atoms with Gasteiger partial charge in [-0.15, -0.1) is 0 Å². The number of hydrogen-bond acceptors (Lipinski definition) is 15. The second-order valence-electron chi connectivity index (χ2n) is 13.6. The zero-order valence-corrected chi connectivity index (χ0v) is 37.9. The zero-order valence-electron chi connectivity index (χ0n) is 37.9. The average Bonchev–Trinajstić information content (AvgIpc) is 3.32. The lowest BCUT2D eigenvalue weighted by Crippen LogP contribution is -2.41. The molecule has 0 fully saturated rings. The number of rotatable bonds is 22. The first-order chi connectivity index (χ1) is 31.6. The Kier molecular flexibility index (Phi) is 28.9. The van der Waals surface area contributed by atoms with Crippen LogP contribution in [0.4, 0.5) is 0 Å². The largest absolute Gasteiger partial charge is 0.469 e. The number of carbonyl (C=O) groups excluding carboxylic acids is 9. The van der Waals surface area contributed by atoms with Crippen molar-refractivity contribution in [3.63, 3.8) is 0 Å². The predicted octanol–water partition coefficient (Wildman–Crippen LogP) is 5.49. The van der Waals surface area contributed by atoms with Gasteiger partial charge in [-0.1, -0.05) is 91.0 Å². The van der Waals surface area contributed by atoms with Crippen molar-refractivity contribution in [2.75, 3.05) is 41.2 Å². The van der Waals surface area contributed by atoms with Crippen LogP contribution in [0.5, 0.6) is 0 Å². The molecule has 0 aliphatic heterocycles. The number of Topliss-reactive ketones (excluding diaryl/α,β-unsaturated/α-hetero) is 1. The van der Waals surface area contributed by atoms with Crippen LogP contribution >= 0.6 is 0 Å². The number of ketones is 1. The molecule has 17 heteroatoms. The molecule has 0 radical (unpaired) electrons. The maximum absolute atomic E-state index is 12.5. The Hall–Kier alpha value is -7.69. The quantitative estimate of drug-likeness (QED) is 0.0549. The third-order valence-electron chi connectivity index (χ3n) is 8.53. The van der Waals surface area contributed by atoms with Crippen molar-refractivity contribution in [3.05, 3.63) is 144 Å². The third kappa shape index (κ3) is 25.4.